The number of carbonyl (C=O) groups excluding carboxylic acids is 1. The van der Waals surface area contributed by atoms with Gasteiger partial charge in [0, 0.05) is 0 Å². The standard InChI is InChI=1S/C6H10F3NO3.C2H6/c1-3(4(11)10-13)5(2,12)6(7,8)9;1-2/h3,12-13H,1-2H3,(H,10,11);1-2H3. The van der Waals surface area contributed by atoms with E-state index in [4.69, 9.17) is 10.3 Å². The molecule has 3 N–H and O–H groups in total. The van der Waals surface area contributed by atoms with E-state index in [9.17, 15) is 18.0 Å². The summed E-state index contributed by atoms with van der Waals surface area (Å²) in [5.41, 5.74) is -2.11. The molecule has 0 aliphatic carbocycles. The molecule has 7 heteroatoms. The number of hydroxylamine groups is 1. The molecule has 0 aromatic carbocycles. The molecule has 0 aliphatic heterocycles. The third-order valence-electron chi connectivity index (χ3n) is 1.92. The minimum Gasteiger partial charge on any atom is -0.380 e. The smallest absolute Gasteiger partial charge is 0.380 e. The van der Waals surface area contributed by atoms with Crippen LogP contribution in [-0.4, -0.2) is 28.0 Å². The second-order valence-corrected chi connectivity index (χ2v) is 2.84. The number of carbonyl (C=O) groups is 1. The minimum atomic E-state index is -4.92. The SMILES string of the molecule is CC.CC(C(=O)NO)C(C)(O)C(F)(F)F. The first kappa shape index (κ1) is 16.6. The zero-order valence-electron chi connectivity index (χ0n) is 9.01. The normalized spacial score (nSPS) is 16.9. The number of amides is 1. The predicted molar refractivity (Wildman–Crippen MR) is 47.1 cm³/mol. The number of nitrogens with one attached hydrogen (secondary N) is 1. The van der Waals surface area contributed by atoms with Crippen LogP contribution in [0.1, 0.15) is 27.7 Å². The molecule has 0 rings (SSSR count). The van der Waals surface area contributed by atoms with E-state index in [0.717, 1.165) is 12.4 Å². The van der Waals surface area contributed by atoms with Crippen LogP contribution in [0.3, 0.4) is 0 Å². The van der Waals surface area contributed by atoms with Crippen LogP contribution in [0.2, 0.25) is 0 Å². The van der Waals surface area contributed by atoms with Crippen LogP contribution in [0.25, 0.3) is 0 Å². The average molecular weight is 231 g/mol. The molecule has 0 saturated heterocycles. The summed E-state index contributed by atoms with van der Waals surface area (Å²) in [4.78, 5) is 10.6. The van der Waals surface area contributed by atoms with Crippen molar-refractivity contribution in [3.8, 4) is 0 Å². The minimum absolute atomic E-state index is 0.465. The van der Waals surface area contributed by atoms with Crippen molar-refractivity contribution in [1.82, 2.24) is 5.48 Å². The number of aliphatic hydroxyl groups is 1. The first-order valence-corrected chi connectivity index (χ1v) is 4.37. The first-order valence-electron chi connectivity index (χ1n) is 4.37. The molecule has 0 aromatic rings. The number of hydrogen-bond donors (Lipinski definition) is 3. The third kappa shape index (κ3) is 4.05. The van der Waals surface area contributed by atoms with E-state index in [-0.39, 0.29) is 0 Å². The van der Waals surface area contributed by atoms with E-state index in [2.05, 4.69) is 0 Å². The highest BCUT2D eigenvalue weighted by atomic mass is 19.4. The van der Waals surface area contributed by atoms with E-state index >= 15 is 0 Å². The Kier molecular flexibility index (Phi) is 6.55. The first-order chi connectivity index (χ1) is 6.64. The zero-order chi connectivity index (χ0) is 12.9. The van der Waals surface area contributed by atoms with Gasteiger partial charge in [-0.25, -0.2) is 5.48 Å². The highest BCUT2D eigenvalue weighted by molar-refractivity contribution is 5.78. The molecular weight excluding hydrogens is 215 g/mol. The topological polar surface area (TPSA) is 69.6 Å². The van der Waals surface area contributed by atoms with Gasteiger partial charge < -0.3 is 5.11 Å². The molecule has 0 bridgehead atoms. The van der Waals surface area contributed by atoms with Crippen molar-refractivity contribution in [3.63, 3.8) is 0 Å². The van der Waals surface area contributed by atoms with Crippen LogP contribution in [0.15, 0.2) is 0 Å². The monoisotopic (exact) mass is 231 g/mol. The molecule has 0 aliphatic rings. The summed E-state index contributed by atoms with van der Waals surface area (Å²) in [6, 6.07) is 0. The molecule has 0 radical (unpaired) electrons. The number of halogens is 3. The summed E-state index contributed by atoms with van der Waals surface area (Å²) < 4.78 is 36.2. The molecule has 0 spiro atoms. The number of alkyl halides is 3. The number of rotatable bonds is 2. The van der Waals surface area contributed by atoms with Crippen molar-refractivity contribution in [2.75, 3.05) is 0 Å². The third-order valence-corrected chi connectivity index (χ3v) is 1.92. The largest absolute Gasteiger partial charge is 0.417 e. The molecular formula is C8H16F3NO3. The fraction of sp³-hybridized carbons (Fsp3) is 0.875. The van der Waals surface area contributed by atoms with Gasteiger partial charge in [0.1, 0.15) is 0 Å². The Morgan fingerprint density at radius 1 is 1.33 bits per heavy atom. The lowest BCUT2D eigenvalue weighted by atomic mass is 9.89. The Balaban J connectivity index is 0. The zero-order valence-corrected chi connectivity index (χ0v) is 9.01. The van der Waals surface area contributed by atoms with E-state index in [1.54, 1.807) is 0 Å². The van der Waals surface area contributed by atoms with Gasteiger partial charge in [0.25, 0.3) is 0 Å². The van der Waals surface area contributed by atoms with E-state index in [1.807, 2.05) is 13.8 Å². The van der Waals surface area contributed by atoms with Gasteiger partial charge in [0.15, 0.2) is 5.60 Å². The maximum absolute atomic E-state index is 12.1. The summed E-state index contributed by atoms with van der Waals surface area (Å²) in [6.07, 6.45) is -4.92. The van der Waals surface area contributed by atoms with Crippen LogP contribution in [0, 0.1) is 5.92 Å². The summed E-state index contributed by atoms with van der Waals surface area (Å²) in [6.45, 7) is 5.33. The van der Waals surface area contributed by atoms with E-state index in [0.29, 0.717) is 6.92 Å². The summed E-state index contributed by atoms with van der Waals surface area (Å²) in [5, 5.41) is 17.0. The highest BCUT2D eigenvalue weighted by Gasteiger charge is 2.55. The van der Waals surface area contributed by atoms with Crippen LogP contribution in [0.4, 0.5) is 13.2 Å². The molecule has 0 heterocycles. The Bertz CT molecular complexity index is 204. The Hall–Kier alpha value is -0.820. The van der Waals surface area contributed by atoms with Gasteiger partial charge in [0.2, 0.25) is 5.91 Å². The molecule has 15 heavy (non-hydrogen) atoms. The fourth-order valence-electron chi connectivity index (χ4n) is 0.598. The van der Waals surface area contributed by atoms with Crippen LogP contribution >= 0.6 is 0 Å². The predicted octanol–water partition coefficient (Wildman–Crippen LogP) is 1.47. The second kappa shape index (κ2) is 5.92. The quantitative estimate of drug-likeness (QED) is 0.498. The van der Waals surface area contributed by atoms with Crippen molar-refractivity contribution in [2.24, 2.45) is 5.92 Å². The lowest BCUT2D eigenvalue weighted by Gasteiger charge is -2.30. The molecule has 2 atom stereocenters. The Morgan fingerprint density at radius 2 is 1.67 bits per heavy atom. The Labute approximate surface area is 86.1 Å². The summed E-state index contributed by atoms with van der Waals surface area (Å²) >= 11 is 0. The van der Waals surface area contributed by atoms with Gasteiger partial charge in [-0.3, -0.25) is 10.0 Å². The van der Waals surface area contributed by atoms with Crippen molar-refractivity contribution in [2.45, 2.75) is 39.5 Å². The highest BCUT2D eigenvalue weighted by Crippen LogP contribution is 2.35. The van der Waals surface area contributed by atoms with Gasteiger partial charge in [-0.15, -0.1) is 0 Å². The van der Waals surface area contributed by atoms with Crippen LogP contribution < -0.4 is 5.48 Å². The van der Waals surface area contributed by atoms with Gasteiger partial charge in [-0.05, 0) is 6.92 Å². The molecule has 1 amide bonds. The molecule has 4 nitrogen and oxygen atoms in total. The van der Waals surface area contributed by atoms with Gasteiger partial charge in [-0.1, -0.05) is 20.8 Å². The summed E-state index contributed by atoms with van der Waals surface area (Å²) in [5.74, 6) is -3.07. The lowest BCUT2D eigenvalue weighted by molar-refractivity contribution is -0.268. The summed E-state index contributed by atoms with van der Waals surface area (Å²) in [7, 11) is 0. The maximum atomic E-state index is 12.1. The van der Waals surface area contributed by atoms with Crippen molar-refractivity contribution < 1.29 is 28.3 Å². The van der Waals surface area contributed by atoms with Crippen molar-refractivity contribution in [1.29, 1.82) is 0 Å². The fourth-order valence-corrected chi connectivity index (χ4v) is 0.598. The van der Waals surface area contributed by atoms with E-state index < -0.39 is 23.6 Å². The maximum Gasteiger partial charge on any atom is 0.417 e. The van der Waals surface area contributed by atoms with Gasteiger partial charge >= 0.3 is 6.18 Å². The molecule has 0 aromatic heterocycles. The van der Waals surface area contributed by atoms with Crippen molar-refractivity contribution in [3.05, 3.63) is 0 Å². The van der Waals surface area contributed by atoms with Crippen molar-refractivity contribution >= 4 is 5.91 Å². The van der Waals surface area contributed by atoms with Gasteiger partial charge in [-0.2, -0.15) is 13.2 Å². The van der Waals surface area contributed by atoms with Gasteiger partial charge in [0.05, 0.1) is 5.92 Å². The number of hydrogen-bond acceptors (Lipinski definition) is 3. The molecule has 2 unspecified atom stereocenters. The van der Waals surface area contributed by atoms with E-state index in [1.165, 1.54) is 0 Å². The second-order valence-electron chi connectivity index (χ2n) is 2.84. The Morgan fingerprint density at radius 3 is 1.87 bits per heavy atom. The molecule has 0 fully saturated rings. The average Bonchev–Trinajstić information content (AvgIpc) is 2.16. The van der Waals surface area contributed by atoms with Crippen LogP contribution in [-0.2, 0) is 4.79 Å². The molecule has 0 saturated carbocycles. The van der Waals surface area contributed by atoms with Crippen LogP contribution in [0.5, 0.6) is 0 Å². The molecule has 92 valence electrons. The lowest BCUT2D eigenvalue weighted by Crippen LogP contribution is -2.52.